The number of rotatable bonds is 18. The van der Waals surface area contributed by atoms with Gasteiger partial charge in [-0.2, -0.15) is 0 Å². The van der Waals surface area contributed by atoms with E-state index in [4.69, 9.17) is 10.5 Å². The van der Waals surface area contributed by atoms with Crippen LogP contribution in [0.25, 0.3) is 0 Å². The van der Waals surface area contributed by atoms with Crippen LogP contribution in [-0.4, -0.2) is 53.4 Å². The number of primary amides is 1. The highest BCUT2D eigenvalue weighted by atomic mass is 16.6. The van der Waals surface area contributed by atoms with Crippen molar-refractivity contribution in [1.29, 1.82) is 0 Å². The number of nitrogens with zero attached hydrogens (tertiary/aromatic N) is 1. The zero-order valence-corrected chi connectivity index (χ0v) is 26.4. The molecule has 0 aliphatic carbocycles. The van der Waals surface area contributed by atoms with Crippen molar-refractivity contribution in [3.05, 3.63) is 34.9 Å². The fourth-order valence-corrected chi connectivity index (χ4v) is 4.63. The zero-order chi connectivity index (χ0) is 31.0. The van der Waals surface area contributed by atoms with Gasteiger partial charge in [0.05, 0.1) is 0 Å². The third kappa shape index (κ3) is 13.4. The molecule has 2 unspecified atom stereocenters. The molecule has 0 heterocycles. The molecule has 4 amide bonds. The Balaban J connectivity index is 3.52. The predicted molar refractivity (Wildman–Crippen MR) is 163 cm³/mol. The normalized spacial score (nSPS) is 12.8. The second-order valence-electron chi connectivity index (χ2n) is 11.8. The van der Waals surface area contributed by atoms with Crippen LogP contribution >= 0.6 is 0 Å². The summed E-state index contributed by atoms with van der Waals surface area (Å²) < 4.78 is 5.42. The largest absolute Gasteiger partial charge is 0.444 e. The highest BCUT2D eigenvalue weighted by Gasteiger charge is 2.36. The van der Waals surface area contributed by atoms with Crippen LogP contribution in [0.15, 0.2) is 18.2 Å². The first kappa shape index (κ1) is 35.9. The lowest BCUT2D eigenvalue weighted by molar-refractivity contribution is -0.142. The minimum Gasteiger partial charge on any atom is -0.444 e. The first-order valence-electron chi connectivity index (χ1n) is 15.2. The first-order valence-corrected chi connectivity index (χ1v) is 15.2. The number of carbonyl (C=O) groups is 4. The minimum absolute atomic E-state index is 0.00260. The molecule has 0 aliphatic rings. The number of nitrogens with one attached hydrogen (secondary N) is 2. The number of hydrogen-bond donors (Lipinski definition) is 3. The fourth-order valence-electron chi connectivity index (χ4n) is 4.63. The van der Waals surface area contributed by atoms with Crippen molar-refractivity contribution in [3.8, 4) is 0 Å². The van der Waals surface area contributed by atoms with Gasteiger partial charge in [-0.25, -0.2) is 4.79 Å². The van der Waals surface area contributed by atoms with Gasteiger partial charge < -0.3 is 26.0 Å². The summed E-state index contributed by atoms with van der Waals surface area (Å²) in [5.41, 5.74) is 7.32. The summed E-state index contributed by atoms with van der Waals surface area (Å²) in [5, 5.41) is 5.68. The van der Waals surface area contributed by atoms with Gasteiger partial charge in [0, 0.05) is 19.5 Å². The molecular weight excluding hydrogens is 520 g/mol. The van der Waals surface area contributed by atoms with Crippen molar-refractivity contribution in [3.63, 3.8) is 0 Å². The van der Waals surface area contributed by atoms with Crippen molar-refractivity contribution in [2.45, 2.75) is 130 Å². The van der Waals surface area contributed by atoms with Crippen LogP contribution in [-0.2, 0) is 19.1 Å². The molecule has 0 bridgehead atoms. The summed E-state index contributed by atoms with van der Waals surface area (Å²) in [5.74, 6) is -1.29. The number of ether oxygens (including phenoxy) is 1. The lowest BCUT2D eigenvalue weighted by Crippen LogP contribution is -2.53. The first-order chi connectivity index (χ1) is 19.3. The summed E-state index contributed by atoms with van der Waals surface area (Å²) in [6.07, 6.45) is 6.92. The van der Waals surface area contributed by atoms with E-state index in [1.165, 1.54) is 0 Å². The Kier molecular flexibility index (Phi) is 16.1. The second kappa shape index (κ2) is 18.4. The Bertz CT molecular complexity index is 989. The molecule has 9 heteroatoms. The van der Waals surface area contributed by atoms with Crippen LogP contribution in [0.4, 0.5) is 4.79 Å². The second-order valence-corrected chi connectivity index (χ2v) is 11.8. The van der Waals surface area contributed by atoms with E-state index in [9.17, 15) is 19.2 Å². The molecule has 1 aromatic rings. The molecule has 0 saturated carbocycles. The Morgan fingerprint density at radius 3 is 2.20 bits per heavy atom. The molecule has 2 atom stereocenters. The van der Waals surface area contributed by atoms with Gasteiger partial charge in [0.15, 0.2) is 0 Å². The number of benzene rings is 1. The number of aryl methyl sites for hydroxylation is 1. The van der Waals surface area contributed by atoms with Gasteiger partial charge in [-0.3, -0.25) is 14.4 Å². The van der Waals surface area contributed by atoms with E-state index < -0.39 is 35.6 Å². The van der Waals surface area contributed by atoms with Crippen molar-refractivity contribution in [2.75, 3.05) is 13.1 Å². The maximum Gasteiger partial charge on any atom is 0.408 e. The monoisotopic (exact) mass is 574 g/mol. The van der Waals surface area contributed by atoms with Crippen LogP contribution in [0.5, 0.6) is 0 Å². The number of carbonyl (C=O) groups excluding carboxylic acids is 4. The van der Waals surface area contributed by atoms with Crippen LogP contribution in [0.1, 0.15) is 122 Å². The molecule has 41 heavy (non-hydrogen) atoms. The molecule has 4 N–H and O–H groups in total. The Morgan fingerprint density at radius 1 is 0.951 bits per heavy atom. The van der Waals surface area contributed by atoms with Crippen LogP contribution in [0.2, 0.25) is 0 Å². The summed E-state index contributed by atoms with van der Waals surface area (Å²) in [7, 11) is 0. The van der Waals surface area contributed by atoms with Crippen molar-refractivity contribution in [1.82, 2.24) is 15.5 Å². The summed E-state index contributed by atoms with van der Waals surface area (Å²) in [6.45, 7) is 14.2. The van der Waals surface area contributed by atoms with Gasteiger partial charge in [-0.05, 0) is 70.6 Å². The third-order valence-electron chi connectivity index (χ3n) is 7.03. The number of amides is 4. The Morgan fingerprint density at radius 2 is 1.59 bits per heavy atom. The molecule has 1 aromatic carbocycles. The van der Waals surface area contributed by atoms with E-state index >= 15 is 0 Å². The summed E-state index contributed by atoms with van der Waals surface area (Å²) in [4.78, 5) is 54.1. The lowest BCUT2D eigenvalue weighted by Gasteiger charge is -2.35. The average Bonchev–Trinajstić information content (AvgIpc) is 2.88. The molecule has 0 saturated heterocycles. The topological polar surface area (TPSA) is 131 Å². The van der Waals surface area contributed by atoms with Gasteiger partial charge in [0.2, 0.25) is 17.7 Å². The average molecular weight is 575 g/mol. The molecule has 0 aliphatic heterocycles. The van der Waals surface area contributed by atoms with Crippen LogP contribution < -0.4 is 16.4 Å². The molecule has 232 valence electrons. The van der Waals surface area contributed by atoms with Gasteiger partial charge in [-0.15, -0.1) is 0 Å². The number of unbranched alkanes of at least 4 members (excludes halogenated alkanes) is 6. The standard InChI is InChI=1S/C32H54N4O5/c1-8-10-12-13-14-15-22-36(30(39)26(19-20-27(33)37)35-31(40)41-32(5,6)7)28(29(38)34-21-11-9-2)25-18-16-17-23(3)24(25)4/h16-18,26,28H,8-15,19-22H2,1-7H3,(H2,33,37)(H,34,38)(H,35,40). The van der Waals surface area contributed by atoms with Gasteiger partial charge in [0.1, 0.15) is 17.7 Å². The quantitative estimate of drug-likeness (QED) is 0.196. The van der Waals surface area contributed by atoms with Crippen molar-refractivity contribution in [2.24, 2.45) is 5.73 Å². The van der Waals surface area contributed by atoms with Gasteiger partial charge >= 0.3 is 6.09 Å². The molecule has 0 spiro atoms. The SMILES string of the molecule is CCCCCCCCN(C(=O)C(CCC(N)=O)NC(=O)OC(C)(C)C)C(C(=O)NCCCC)c1cccc(C)c1C. The van der Waals surface area contributed by atoms with E-state index in [0.717, 1.165) is 61.6 Å². The van der Waals surface area contributed by atoms with Crippen LogP contribution in [0.3, 0.4) is 0 Å². The fraction of sp³-hybridized carbons (Fsp3) is 0.688. The van der Waals surface area contributed by atoms with E-state index in [2.05, 4.69) is 17.6 Å². The van der Waals surface area contributed by atoms with Crippen LogP contribution in [0, 0.1) is 13.8 Å². The highest BCUT2D eigenvalue weighted by Crippen LogP contribution is 2.28. The predicted octanol–water partition coefficient (Wildman–Crippen LogP) is 5.61. The number of hydrogen-bond acceptors (Lipinski definition) is 5. The molecule has 0 aromatic heterocycles. The molecule has 9 nitrogen and oxygen atoms in total. The highest BCUT2D eigenvalue weighted by molar-refractivity contribution is 5.92. The maximum atomic E-state index is 14.3. The summed E-state index contributed by atoms with van der Waals surface area (Å²) >= 11 is 0. The maximum absolute atomic E-state index is 14.3. The summed E-state index contributed by atoms with van der Waals surface area (Å²) in [6, 6.07) is 3.76. The number of nitrogens with two attached hydrogens (primary N) is 1. The van der Waals surface area contributed by atoms with E-state index in [1.54, 1.807) is 25.7 Å². The zero-order valence-electron chi connectivity index (χ0n) is 26.4. The molecular formula is C32H54N4O5. The molecule has 1 rings (SSSR count). The molecule has 0 radical (unpaired) electrons. The van der Waals surface area contributed by atoms with E-state index in [-0.39, 0.29) is 18.7 Å². The Hall–Kier alpha value is -3.10. The third-order valence-corrected chi connectivity index (χ3v) is 7.03. The number of alkyl carbamates (subject to hydrolysis) is 1. The van der Waals surface area contributed by atoms with E-state index in [1.807, 2.05) is 39.0 Å². The molecule has 0 fully saturated rings. The van der Waals surface area contributed by atoms with E-state index in [0.29, 0.717) is 19.5 Å². The minimum atomic E-state index is -1.09. The Labute approximate surface area is 247 Å². The van der Waals surface area contributed by atoms with Gasteiger partial charge in [0.25, 0.3) is 0 Å². The lowest BCUT2D eigenvalue weighted by atomic mass is 9.94. The van der Waals surface area contributed by atoms with Crippen molar-refractivity contribution < 1.29 is 23.9 Å². The van der Waals surface area contributed by atoms with Gasteiger partial charge in [-0.1, -0.05) is 70.6 Å². The smallest absolute Gasteiger partial charge is 0.408 e. The van der Waals surface area contributed by atoms with Crippen molar-refractivity contribution >= 4 is 23.8 Å².